The Balaban J connectivity index is 2.49. The highest BCUT2D eigenvalue weighted by Crippen LogP contribution is 2.36. The highest BCUT2D eigenvalue weighted by molar-refractivity contribution is 5.73. The summed E-state index contributed by atoms with van der Waals surface area (Å²) >= 11 is 0. The molecule has 0 aliphatic rings. The van der Waals surface area contributed by atoms with E-state index in [9.17, 15) is 9.90 Å². The molecule has 1 N–H and O–H groups in total. The van der Waals surface area contributed by atoms with Gasteiger partial charge in [0.05, 0.1) is 14.2 Å². The Hall–Kier alpha value is -2.53. The fourth-order valence-corrected chi connectivity index (χ4v) is 2.53. The van der Waals surface area contributed by atoms with Crippen LogP contribution in [0.25, 0.3) is 11.1 Å². The predicted octanol–water partition coefficient (Wildman–Crippen LogP) is 3.28. The van der Waals surface area contributed by atoms with Gasteiger partial charge >= 0.3 is 5.97 Å². The van der Waals surface area contributed by atoms with Gasteiger partial charge in [-0.25, -0.2) is 0 Å². The number of methoxy groups -OCH3 is 2. The fourth-order valence-electron chi connectivity index (χ4n) is 2.53. The van der Waals surface area contributed by atoms with Gasteiger partial charge in [0, 0.05) is 6.54 Å². The minimum absolute atomic E-state index is 0.484. The normalized spacial score (nSPS) is 12.0. The van der Waals surface area contributed by atoms with Crippen LogP contribution in [-0.2, 0) is 11.3 Å². The number of nitrogens with zero attached hydrogens (tertiary/aromatic N) is 1. The molecule has 0 radical (unpaired) electrons. The van der Waals surface area contributed by atoms with E-state index in [1.807, 2.05) is 42.5 Å². The standard InChI is InChI=1S/C19H23NO4/c1-13(19(21)22)20(2)12-15-10-17(23-3)18(24-4)11-16(15)14-8-6-5-7-9-14/h5-11,13H,12H2,1-4H3,(H,21,22). The predicted molar refractivity (Wildman–Crippen MR) is 93.5 cm³/mol. The Morgan fingerprint density at radius 1 is 1.12 bits per heavy atom. The maximum atomic E-state index is 11.2. The van der Waals surface area contributed by atoms with Gasteiger partial charge in [-0.2, -0.15) is 0 Å². The van der Waals surface area contributed by atoms with Crippen LogP contribution in [0.15, 0.2) is 42.5 Å². The first-order valence-electron chi connectivity index (χ1n) is 7.71. The van der Waals surface area contributed by atoms with Gasteiger partial charge in [-0.15, -0.1) is 0 Å². The molecule has 5 nitrogen and oxygen atoms in total. The molecule has 128 valence electrons. The highest BCUT2D eigenvalue weighted by atomic mass is 16.5. The minimum Gasteiger partial charge on any atom is -0.493 e. The largest absolute Gasteiger partial charge is 0.493 e. The number of carbonyl (C=O) groups is 1. The van der Waals surface area contributed by atoms with Crippen LogP contribution in [0.4, 0.5) is 0 Å². The molecule has 2 aromatic rings. The van der Waals surface area contributed by atoms with Crippen LogP contribution in [-0.4, -0.2) is 43.3 Å². The molecular formula is C19H23NO4. The lowest BCUT2D eigenvalue weighted by molar-refractivity contribution is -0.142. The molecule has 0 saturated carbocycles. The summed E-state index contributed by atoms with van der Waals surface area (Å²) in [5, 5.41) is 9.21. The number of aliphatic carboxylic acids is 1. The third kappa shape index (κ3) is 3.86. The molecule has 1 unspecified atom stereocenters. The van der Waals surface area contributed by atoms with Crippen LogP contribution in [0.3, 0.4) is 0 Å². The average Bonchev–Trinajstić information content (AvgIpc) is 2.61. The van der Waals surface area contributed by atoms with Crippen molar-refractivity contribution in [2.75, 3.05) is 21.3 Å². The van der Waals surface area contributed by atoms with Gasteiger partial charge in [0.2, 0.25) is 0 Å². The molecule has 0 aromatic heterocycles. The van der Waals surface area contributed by atoms with Crippen molar-refractivity contribution in [1.29, 1.82) is 0 Å². The van der Waals surface area contributed by atoms with Crippen molar-refractivity contribution in [2.24, 2.45) is 0 Å². The fraction of sp³-hybridized carbons (Fsp3) is 0.316. The second-order valence-corrected chi connectivity index (χ2v) is 5.66. The van der Waals surface area contributed by atoms with Gasteiger partial charge in [0.1, 0.15) is 6.04 Å². The lowest BCUT2D eigenvalue weighted by atomic mass is 9.98. The van der Waals surface area contributed by atoms with Gasteiger partial charge in [-0.3, -0.25) is 9.69 Å². The molecule has 0 aliphatic heterocycles. The maximum Gasteiger partial charge on any atom is 0.320 e. The van der Waals surface area contributed by atoms with Crippen molar-refractivity contribution in [3.8, 4) is 22.6 Å². The SMILES string of the molecule is COc1cc(CN(C)C(C)C(=O)O)c(-c2ccccc2)cc1OC. The molecule has 0 spiro atoms. The zero-order chi connectivity index (χ0) is 17.7. The Morgan fingerprint density at radius 3 is 2.25 bits per heavy atom. The number of carboxylic acid groups (broad SMARTS) is 1. The Morgan fingerprint density at radius 2 is 1.71 bits per heavy atom. The summed E-state index contributed by atoms with van der Waals surface area (Å²) < 4.78 is 10.8. The molecule has 0 fully saturated rings. The molecule has 24 heavy (non-hydrogen) atoms. The quantitative estimate of drug-likeness (QED) is 0.845. The number of carboxylic acids is 1. The van der Waals surface area contributed by atoms with E-state index in [0.29, 0.717) is 18.0 Å². The average molecular weight is 329 g/mol. The minimum atomic E-state index is -0.848. The summed E-state index contributed by atoms with van der Waals surface area (Å²) in [4.78, 5) is 13.0. The summed E-state index contributed by atoms with van der Waals surface area (Å²) in [6, 6.07) is 13.2. The van der Waals surface area contributed by atoms with E-state index in [1.165, 1.54) is 0 Å². The van der Waals surface area contributed by atoms with Crippen molar-refractivity contribution in [2.45, 2.75) is 19.5 Å². The van der Waals surface area contributed by atoms with Crippen LogP contribution in [0.5, 0.6) is 11.5 Å². The van der Waals surface area contributed by atoms with Crippen LogP contribution >= 0.6 is 0 Å². The molecular weight excluding hydrogens is 306 g/mol. The molecule has 5 heteroatoms. The van der Waals surface area contributed by atoms with E-state index in [-0.39, 0.29) is 0 Å². The van der Waals surface area contributed by atoms with Crippen molar-refractivity contribution in [3.63, 3.8) is 0 Å². The van der Waals surface area contributed by atoms with Crippen LogP contribution in [0, 0.1) is 0 Å². The van der Waals surface area contributed by atoms with Crippen LogP contribution in [0.1, 0.15) is 12.5 Å². The van der Waals surface area contributed by atoms with Gasteiger partial charge in [-0.1, -0.05) is 30.3 Å². The number of hydrogen-bond acceptors (Lipinski definition) is 4. The summed E-state index contributed by atoms with van der Waals surface area (Å²) in [5.41, 5.74) is 3.02. The van der Waals surface area contributed by atoms with Crippen molar-refractivity contribution >= 4 is 5.97 Å². The van der Waals surface area contributed by atoms with E-state index in [4.69, 9.17) is 9.47 Å². The smallest absolute Gasteiger partial charge is 0.320 e. The van der Waals surface area contributed by atoms with E-state index in [2.05, 4.69) is 0 Å². The summed E-state index contributed by atoms with van der Waals surface area (Å²) in [6.07, 6.45) is 0. The molecule has 0 saturated heterocycles. The third-order valence-electron chi connectivity index (χ3n) is 4.13. The first-order chi connectivity index (χ1) is 11.5. The van der Waals surface area contributed by atoms with Gasteiger partial charge < -0.3 is 14.6 Å². The number of benzene rings is 2. The lowest BCUT2D eigenvalue weighted by Gasteiger charge is -2.23. The molecule has 0 bridgehead atoms. The van der Waals surface area contributed by atoms with E-state index in [1.54, 1.807) is 33.1 Å². The molecule has 0 amide bonds. The molecule has 0 aliphatic carbocycles. The van der Waals surface area contributed by atoms with Gasteiger partial charge in [0.15, 0.2) is 11.5 Å². The number of likely N-dealkylation sites (N-methyl/N-ethyl adjacent to an activating group) is 1. The van der Waals surface area contributed by atoms with Gasteiger partial charge in [0.25, 0.3) is 0 Å². The summed E-state index contributed by atoms with van der Waals surface area (Å²) in [6.45, 7) is 2.16. The second-order valence-electron chi connectivity index (χ2n) is 5.66. The summed E-state index contributed by atoms with van der Waals surface area (Å²) in [5.74, 6) is 0.428. The highest BCUT2D eigenvalue weighted by Gasteiger charge is 2.20. The first-order valence-corrected chi connectivity index (χ1v) is 7.71. The number of rotatable bonds is 7. The Bertz CT molecular complexity index is 700. The number of ether oxygens (including phenoxy) is 2. The van der Waals surface area contributed by atoms with Crippen LogP contribution < -0.4 is 9.47 Å². The Labute approximate surface area is 142 Å². The number of hydrogen-bond donors (Lipinski definition) is 1. The molecule has 2 aromatic carbocycles. The molecule has 0 heterocycles. The van der Waals surface area contributed by atoms with E-state index in [0.717, 1.165) is 16.7 Å². The maximum absolute atomic E-state index is 11.2. The third-order valence-corrected chi connectivity index (χ3v) is 4.13. The first kappa shape index (κ1) is 17.8. The van der Waals surface area contributed by atoms with Crippen molar-refractivity contribution < 1.29 is 19.4 Å². The molecule has 2 rings (SSSR count). The Kier molecular flexibility index (Phi) is 5.82. The van der Waals surface area contributed by atoms with E-state index >= 15 is 0 Å². The zero-order valence-corrected chi connectivity index (χ0v) is 14.4. The summed E-state index contributed by atoms with van der Waals surface area (Å²) in [7, 11) is 4.99. The lowest BCUT2D eigenvalue weighted by Crippen LogP contribution is -2.35. The zero-order valence-electron chi connectivity index (χ0n) is 14.4. The van der Waals surface area contributed by atoms with Crippen molar-refractivity contribution in [1.82, 2.24) is 4.90 Å². The second kappa shape index (κ2) is 7.84. The van der Waals surface area contributed by atoms with E-state index < -0.39 is 12.0 Å². The van der Waals surface area contributed by atoms with Crippen molar-refractivity contribution in [3.05, 3.63) is 48.0 Å². The topological polar surface area (TPSA) is 59.0 Å². The molecule has 1 atom stereocenters. The van der Waals surface area contributed by atoms with Gasteiger partial charge in [-0.05, 0) is 42.8 Å². The monoisotopic (exact) mass is 329 g/mol. The van der Waals surface area contributed by atoms with Crippen LogP contribution in [0.2, 0.25) is 0 Å².